The maximum absolute atomic E-state index is 6.30. The van der Waals surface area contributed by atoms with Crippen LogP contribution in [0.1, 0.15) is 5.56 Å². The van der Waals surface area contributed by atoms with E-state index >= 15 is 0 Å². The molecule has 0 aliphatic rings. The van der Waals surface area contributed by atoms with Gasteiger partial charge in [-0.05, 0) is 18.6 Å². The van der Waals surface area contributed by atoms with Crippen molar-refractivity contribution in [2.75, 3.05) is 0 Å². The van der Waals surface area contributed by atoms with Gasteiger partial charge in [0.05, 0.1) is 11.4 Å². The van der Waals surface area contributed by atoms with Gasteiger partial charge in [0.1, 0.15) is 5.15 Å². The van der Waals surface area contributed by atoms with Crippen molar-refractivity contribution in [3.05, 3.63) is 71.4 Å². The molecule has 2 nitrogen and oxygen atoms in total. The molecule has 0 saturated carbocycles. The van der Waals surface area contributed by atoms with Gasteiger partial charge in [0, 0.05) is 11.6 Å². The van der Waals surface area contributed by atoms with E-state index in [0.717, 1.165) is 22.5 Å². The third-order valence-electron chi connectivity index (χ3n) is 3.08. The minimum absolute atomic E-state index is 0.619. The van der Waals surface area contributed by atoms with E-state index in [1.807, 2.05) is 54.6 Å². The molecule has 19 heavy (non-hydrogen) atoms. The molecule has 0 aliphatic carbocycles. The summed E-state index contributed by atoms with van der Waals surface area (Å²) in [5, 5.41) is 5.21. The average Bonchev–Trinajstić information content (AvgIpc) is 2.82. The zero-order chi connectivity index (χ0) is 13.2. The fourth-order valence-electron chi connectivity index (χ4n) is 2.08. The lowest BCUT2D eigenvalue weighted by Gasteiger charge is -2.06. The number of para-hydroxylation sites is 1. The number of aryl methyl sites for hydroxylation is 1. The summed E-state index contributed by atoms with van der Waals surface area (Å²) in [5.41, 5.74) is 4.10. The summed E-state index contributed by atoms with van der Waals surface area (Å²) in [6, 6.07) is 20.0. The number of nitrogens with zero attached hydrogens (tertiary/aromatic N) is 2. The highest BCUT2D eigenvalue weighted by Gasteiger charge is 2.10. The minimum atomic E-state index is 0.619. The van der Waals surface area contributed by atoms with Crippen molar-refractivity contribution in [2.45, 2.75) is 6.92 Å². The molecule has 94 valence electrons. The molecule has 3 heteroatoms. The number of hydrogen-bond donors (Lipinski definition) is 0. The molecule has 3 aromatic rings. The molecule has 0 saturated heterocycles. The van der Waals surface area contributed by atoms with Gasteiger partial charge in [0.15, 0.2) is 0 Å². The summed E-state index contributed by atoms with van der Waals surface area (Å²) < 4.78 is 1.78. The van der Waals surface area contributed by atoms with E-state index in [0.29, 0.717) is 5.15 Å². The molecule has 0 radical (unpaired) electrons. The second-order valence-corrected chi connectivity index (χ2v) is 4.80. The largest absolute Gasteiger partial charge is 0.221 e. The first-order chi connectivity index (χ1) is 9.25. The van der Waals surface area contributed by atoms with E-state index in [-0.39, 0.29) is 0 Å². The summed E-state index contributed by atoms with van der Waals surface area (Å²) in [7, 11) is 0. The van der Waals surface area contributed by atoms with Gasteiger partial charge in [0.2, 0.25) is 0 Å². The van der Waals surface area contributed by atoms with Gasteiger partial charge in [-0.15, -0.1) is 0 Å². The number of benzene rings is 2. The lowest BCUT2D eigenvalue weighted by Crippen LogP contribution is -1.99. The van der Waals surface area contributed by atoms with E-state index in [4.69, 9.17) is 11.6 Å². The highest BCUT2D eigenvalue weighted by molar-refractivity contribution is 6.30. The lowest BCUT2D eigenvalue weighted by molar-refractivity contribution is 0.877. The average molecular weight is 269 g/mol. The molecule has 1 heterocycles. The van der Waals surface area contributed by atoms with Crippen molar-refractivity contribution in [3.63, 3.8) is 0 Å². The number of rotatable bonds is 2. The summed E-state index contributed by atoms with van der Waals surface area (Å²) in [6.07, 6.45) is 0. The zero-order valence-corrected chi connectivity index (χ0v) is 11.3. The van der Waals surface area contributed by atoms with Crippen molar-refractivity contribution in [3.8, 4) is 16.9 Å². The molecule has 2 aromatic carbocycles. The first kappa shape index (κ1) is 12.0. The Bertz CT molecular complexity index is 702. The van der Waals surface area contributed by atoms with Crippen LogP contribution in [0.5, 0.6) is 0 Å². The second-order valence-electron chi connectivity index (χ2n) is 4.42. The Hall–Kier alpha value is -2.06. The Morgan fingerprint density at radius 3 is 2.37 bits per heavy atom. The molecule has 0 unspecified atom stereocenters. The van der Waals surface area contributed by atoms with Gasteiger partial charge >= 0.3 is 0 Å². The van der Waals surface area contributed by atoms with Crippen molar-refractivity contribution in [1.29, 1.82) is 0 Å². The fraction of sp³-hybridized carbons (Fsp3) is 0.0625. The van der Waals surface area contributed by atoms with Crippen LogP contribution in [0.4, 0.5) is 0 Å². The summed E-state index contributed by atoms with van der Waals surface area (Å²) in [6.45, 7) is 2.05. The van der Waals surface area contributed by atoms with Gasteiger partial charge < -0.3 is 0 Å². The molecule has 0 atom stereocenters. The summed E-state index contributed by atoms with van der Waals surface area (Å²) in [5.74, 6) is 0. The van der Waals surface area contributed by atoms with Gasteiger partial charge in [-0.1, -0.05) is 60.1 Å². The molecule has 0 amide bonds. The van der Waals surface area contributed by atoms with E-state index < -0.39 is 0 Å². The molecule has 0 spiro atoms. The van der Waals surface area contributed by atoms with Crippen molar-refractivity contribution in [2.24, 2.45) is 0 Å². The molecule has 0 bridgehead atoms. The topological polar surface area (TPSA) is 17.8 Å². The highest BCUT2D eigenvalue weighted by atomic mass is 35.5. The number of aromatic nitrogens is 2. The van der Waals surface area contributed by atoms with E-state index in [2.05, 4.69) is 18.1 Å². The van der Waals surface area contributed by atoms with Gasteiger partial charge in [-0.25, -0.2) is 4.68 Å². The van der Waals surface area contributed by atoms with Crippen LogP contribution in [0.3, 0.4) is 0 Å². The van der Waals surface area contributed by atoms with Crippen LogP contribution in [0, 0.1) is 6.92 Å². The van der Waals surface area contributed by atoms with Crippen LogP contribution in [-0.4, -0.2) is 9.78 Å². The van der Waals surface area contributed by atoms with Gasteiger partial charge in [-0.3, -0.25) is 0 Å². The van der Waals surface area contributed by atoms with Crippen molar-refractivity contribution in [1.82, 2.24) is 9.78 Å². The first-order valence-corrected chi connectivity index (χ1v) is 6.50. The van der Waals surface area contributed by atoms with Crippen LogP contribution in [0.2, 0.25) is 5.15 Å². The second kappa shape index (κ2) is 4.90. The number of halogens is 1. The van der Waals surface area contributed by atoms with Crippen molar-refractivity contribution < 1.29 is 0 Å². The monoisotopic (exact) mass is 268 g/mol. The van der Waals surface area contributed by atoms with Gasteiger partial charge in [0.25, 0.3) is 0 Å². The fourth-order valence-corrected chi connectivity index (χ4v) is 2.31. The Labute approximate surface area is 117 Å². The third-order valence-corrected chi connectivity index (χ3v) is 3.35. The van der Waals surface area contributed by atoms with Crippen LogP contribution in [-0.2, 0) is 0 Å². The summed E-state index contributed by atoms with van der Waals surface area (Å²) in [4.78, 5) is 0. The van der Waals surface area contributed by atoms with Crippen LogP contribution in [0.25, 0.3) is 16.9 Å². The van der Waals surface area contributed by atoms with E-state index in [1.165, 1.54) is 0 Å². The quantitative estimate of drug-likeness (QED) is 0.669. The van der Waals surface area contributed by atoms with Crippen LogP contribution in [0.15, 0.2) is 60.7 Å². The maximum atomic E-state index is 6.30. The number of hydrogen-bond acceptors (Lipinski definition) is 1. The standard InChI is InChI=1S/C16H13ClN2/c1-12-7-5-6-10-15(12)19-16(17)11-14(18-19)13-8-3-2-4-9-13/h2-11H,1H3. The Kier molecular flexibility index (Phi) is 3.10. The Morgan fingerprint density at radius 2 is 1.63 bits per heavy atom. The predicted octanol–water partition coefficient (Wildman–Crippen LogP) is 4.50. The van der Waals surface area contributed by atoms with Gasteiger partial charge in [-0.2, -0.15) is 5.10 Å². The highest BCUT2D eigenvalue weighted by Crippen LogP contribution is 2.25. The van der Waals surface area contributed by atoms with Crippen molar-refractivity contribution >= 4 is 11.6 Å². The molecular formula is C16H13ClN2. The zero-order valence-electron chi connectivity index (χ0n) is 10.5. The molecule has 0 aliphatic heterocycles. The maximum Gasteiger partial charge on any atom is 0.133 e. The molecule has 0 fully saturated rings. The van der Waals surface area contributed by atoms with Crippen LogP contribution < -0.4 is 0 Å². The Balaban J connectivity index is 2.11. The molecule has 3 rings (SSSR count). The summed E-state index contributed by atoms with van der Waals surface area (Å²) >= 11 is 6.30. The molecule has 0 N–H and O–H groups in total. The van der Waals surface area contributed by atoms with E-state index in [9.17, 15) is 0 Å². The smallest absolute Gasteiger partial charge is 0.133 e. The molecular weight excluding hydrogens is 256 g/mol. The molecule has 1 aromatic heterocycles. The third kappa shape index (κ3) is 2.27. The predicted molar refractivity (Wildman–Crippen MR) is 78.7 cm³/mol. The van der Waals surface area contributed by atoms with E-state index in [1.54, 1.807) is 4.68 Å². The van der Waals surface area contributed by atoms with Crippen LogP contribution >= 0.6 is 11.6 Å². The Morgan fingerprint density at radius 1 is 0.947 bits per heavy atom. The lowest BCUT2D eigenvalue weighted by atomic mass is 10.2. The minimum Gasteiger partial charge on any atom is -0.221 e. The normalized spacial score (nSPS) is 10.6. The first-order valence-electron chi connectivity index (χ1n) is 6.13. The SMILES string of the molecule is Cc1ccccc1-n1nc(-c2ccccc2)cc1Cl.